The van der Waals surface area contributed by atoms with Crippen molar-refractivity contribution in [2.45, 2.75) is 39.3 Å². The molecular weight excluding hydrogens is 246 g/mol. The summed E-state index contributed by atoms with van der Waals surface area (Å²) in [4.78, 5) is 4.64. The van der Waals surface area contributed by atoms with Crippen molar-refractivity contribution < 1.29 is 0 Å². The average molecular weight is 265 g/mol. The summed E-state index contributed by atoms with van der Waals surface area (Å²) in [5.41, 5.74) is 1.22. The van der Waals surface area contributed by atoms with Crippen LogP contribution in [0.25, 0.3) is 0 Å². The van der Waals surface area contributed by atoms with Gasteiger partial charge in [-0.05, 0) is 0 Å². The second kappa shape index (κ2) is 5.16. The van der Waals surface area contributed by atoms with E-state index in [4.69, 9.17) is 0 Å². The van der Waals surface area contributed by atoms with E-state index in [0.29, 0.717) is 6.54 Å². The molecule has 2 heterocycles. The highest BCUT2D eigenvalue weighted by atomic mass is 32.1. The van der Waals surface area contributed by atoms with Crippen molar-refractivity contribution in [1.82, 2.24) is 25.1 Å². The van der Waals surface area contributed by atoms with Gasteiger partial charge in [-0.1, -0.05) is 20.8 Å². The Labute approximate surface area is 111 Å². The number of aryl methyl sites for hydroxylation is 1. The molecule has 18 heavy (non-hydrogen) atoms. The van der Waals surface area contributed by atoms with Crippen molar-refractivity contribution in [3.8, 4) is 0 Å². The number of hydrogen-bond donors (Lipinski definition) is 1. The van der Waals surface area contributed by atoms with Gasteiger partial charge in [0.1, 0.15) is 12.2 Å². The van der Waals surface area contributed by atoms with E-state index >= 15 is 0 Å². The van der Waals surface area contributed by atoms with Gasteiger partial charge in [-0.3, -0.25) is 0 Å². The fourth-order valence-corrected chi connectivity index (χ4v) is 2.41. The Morgan fingerprint density at radius 2 is 2.11 bits per heavy atom. The molecule has 2 aromatic rings. The highest BCUT2D eigenvalue weighted by Gasteiger charge is 2.17. The van der Waals surface area contributed by atoms with Gasteiger partial charge in [0.15, 0.2) is 0 Å². The molecule has 0 saturated heterocycles. The molecule has 0 aliphatic heterocycles. The summed E-state index contributed by atoms with van der Waals surface area (Å²) >= 11 is 1.72. The molecule has 0 aromatic carbocycles. The minimum atomic E-state index is 0.131. The molecule has 0 unspecified atom stereocenters. The van der Waals surface area contributed by atoms with Gasteiger partial charge in [-0.15, -0.1) is 21.5 Å². The Bertz CT molecular complexity index is 509. The van der Waals surface area contributed by atoms with Gasteiger partial charge < -0.3 is 9.88 Å². The van der Waals surface area contributed by atoms with Crippen LogP contribution in [0.3, 0.4) is 0 Å². The smallest absolute Gasteiger partial charge is 0.146 e. The van der Waals surface area contributed by atoms with Crippen molar-refractivity contribution in [3.05, 3.63) is 28.2 Å². The van der Waals surface area contributed by atoms with Crippen molar-refractivity contribution in [2.24, 2.45) is 7.05 Å². The SMILES string of the molecule is Cn1cnnc1CNCc1csc(C(C)(C)C)n1. The predicted octanol–water partition coefficient (Wildman–Crippen LogP) is 1.86. The first-order valence-electron chi connectivity index (χ1n) is 5.95. The van der Waals surface area contributed by atoms with Crippen LogP contribution >= 0.6 is 11.3 Å². The second-order valence-electron chi connectivity index (χ2n) is 5.36. The van der Waals surface area contributed by atoms with E-state index in [0.717, 1.165) is 18.1 Å². The van der Waals surface area contributed by atoms with E-state index in [-0.39, 0.29) is 5.41 Å². The van der Waals surface area contributed by atoms with Crippen LogP contribution in [-0.4, -0.2) is 19.7 Å². The lowest BCUT2D eigenvalue weighted by molar-refractivity contribution is 0.577. The normalized spacial score (nSPS) is 12.0. The highest BCUT2D eigenvalue weighted by Crippen LogP contribution is 2.25. The van der Waals surface area contributed by atoms with E-state index in [1.165, 1.54) is 5.01 Å². The van der Waals surface area contributed by atoms with Gasteiger partial charge in [0, 0.05) is 24.4 Å². The van der Waals surface area contributed by atoms with E-state index < -0.39 is 0 Å². The van der Waals surface area contributed by atoms with Gasteiger partial charge in [-0.25, -0.2) is 4.98 Å². The lowest BCUT2D eigenvalue weighted by atomic mass is 9.98. The zero-order chi connectivity index (χ0) is 13.2. The number of nitrogens with one attached hydrogen (secondary N) is 1. The van der Waals surface area contributed by atoms with Crippen LogP contribution in [0.1, 0.15) is 37.3 Å². The van der Waals surface area contributed by atoms with Gasteiger partial charge in [-0.2, -0.15) is 0 Å². The van der Waals surface area contributed by atoms with Gasteiger partial charge in [0.2, 0.25) is 0 Å². The van der Waals surface area contributed by atoms with Crippen LogP contribution in [0.15, 0.2) is 11.7 Å². The molecule has 2 rings (SSSR count). The standard InChI is InChI=1S/C12H19N5S/c1-12(2,3)11-15-9(7-18-11)5-13-6-10-16-14-8-17(10)4/h7-8,13H,5-6H2,1-4H3. The molecular formula is C12H19N5S. The van der Waals surface area contributed by atoms with Crippen molar-refractivity contribution >= 4 is 11.3 Å². The molecule has 0 spiro atoms. The summed E-state index contributed by atoms with van der Waals surface area (Å²) in [6, 6.07) is 0. The molecule has 5 nitrogen and oxygen atoms in total. The van der Waals surface area contributed by atoms with E-state index in [1.54, 1.807) is 17.7 Å². The lowest BCUT2D eigenvalue weighted by Gasteiger charge is -2.13. The molecule has 0 saturated carbocycles. The second-order valence-corrected chi connectivity index (χ2v) is 6.21. The van der Waals surface area contributed by atoms with Crippen LogP contribution in [0.2, 0.25) is 0 Å². The van der Waals surface area contributed by atoms with Crippen LogP contribution in [0.5, 0.6) is 0 Å². The third kappa shape index (κ3) is 3.14. The molecule has 0 amide bonds. The molecule has 98 valence electrons. The van der Waals surface area contributed by atoms with Gasteiger partial charge in [0.25, 0.3) is 0 Å². The molecule has 0 radical (unpaired) electrons. The van der Waals surface area contributed by atoms with Crippen LogP contribution in [0, 0.1) is 0 Å². The molecule has 0 bridgehead atoms. The summed E-state index contributed by atoms with van der Waals surface area (Å²) in [6.45, 7) is 8.02. The number of rotatable bonds is 4. The van der Waals surface area contributed by atoms with Crippen LogP contribution in [-0.2, 0) is 25.6 Å². The topological polar surface area (TPSA) is 55.6 Å². The molecule has 0 aliphatic rings. The molecule has 6 heteroatoms. The van der Waals surface area contributed by atoms with Crippen molar-refractivity contribution in [1.29, 1.82) is 0 Å². The maximum atomic E-state index is 4.64. The summed E-state index contributed by atoms with van der Waals surface area (Å²) in [5.74, 6) is 0.932. The Balaban J connectivity index is 1.88. The predicted molar refractivity (Wildman–Crippen MR) is 72.4 cm³/mol. The third-order valence-corrected chi connectivity index (χ3v) is 3.90. The number of aromatic nitrogens is 4. The van der Waals surface area contributed by atoms with Gasteiger partial charge >= 0.3 is 0 Å². The quantitative estimate of drug-likeness (QED) is 0.916. The third-order valence-electron chi connectivity index (χ3n) is 2.59. The number of hydrogen-bond acceptors (Lipinski definition) is 5. The Morgan fingerprint density at radius 3 is 2.67 bits per heavy atom. The first-order valence-corrected chi connectivity index (χ1v) is 6.83. The highest BCUT2D eigenvalue weighted by molar-refractivity contribution is 7.09. The maximum absolute atomic E-state index is 4.64. The summed E-state index contributed by atoms with van der Waals surface area (Å²) in [7, 11) is 1.94. The van der Waals surface area contributed by atoms with Crippen LogP contribution < -0.4 is 5.32 Å². The molecule has 0 atom stereocenters. The maximum Gasteiger partial charge on any atom is 0.146 e. The summed E-state index contributed by atoms with van der Waals surface area (Å²) < 4.78 is 1.91. The minimum absolute atomic E-state index is 0.131. The Hall–Kier alpha value is -1.27. The zero-order valence-electron chi connectivity index (χ0n) is 11.3. The average Bonchev–Trinajstić information content (AvgIpc) is 2.88. The van der Waals surface area contributed by atoms with Crippen LogP contribution in [0.4, 0.5) is 0 Å². The molecule has 1 N–H and O–H groups in total. The lowest BCUT2D eigenvalue weighted by Crippen LogP contribution is -2.16. The number of thiazole rings is 1. The van der Waals surface area contributed by atoms with Gasteiger partial charge in [0.05, 0.1) is 17.2 Å². The minimum Gasteiger partial charge on any atom is -0.320 e. The van der Waals surface area contributed by atoms with E-state index in [9.17, 15) is 0 Å². The molecule has 0 fully saturated rings. The summed E-state index contributed by atoms with van der Waals surface area (Å²) in [5, 5.41) is 14.5. The Kier molecular flexibility index (Phi) is 3.77. The molecule has 0 aliphatic carbocycles. The van der Waals surface area contributed by atoms with Crippen molar-refractivity contribution in [3.63, 3.8) is 0 Å². The first kappa shape index (κ1) is 13.2. The summed E-state index contributed by atoms with van der Waals surface area (Å²) in [6.07, 6.45) is 1.71. The van der Waals surface area contributed by atoms with E-state index in [1.807, 2.05) is 11.6 Å². The van der Waals surface area contributed by atoms with Crippen molar-refractivity contribution in [2.75, 3.05) is 0 Å². The fourth-order valence-electron chi connectivity index (χ4n) is 1.50. The van der Waals surface area contributed by atoms with E-state index in [2.05, 4.69) is 46.6 Å². The fraction of sp³-hybridized carbons (Fsp3) is 0.583. The number of nitrogens with zero attached hydrogens (tertiary/aromatic N) is 4. The zero-order valence-corrected chi connectivity index (χ0v) is 12.1. The first-order chi connectivity index (χ1) is 8.47. The Morgan fingerprint density at radius 1 is 1.33 bits per heavy atom. The molecule has 2 aromatic heterocycles. The monoisotopic (exact) mass is 265 g/mol. The largest absolute Gasteiger partial charge is 0.320 e.